The molecule has 3 N–H and O–H groups in total. The fourth-order valence-electron chi connectivity index (χ4n) is 3.09. The van der Waals surface area contributed by atoms with Crippen molar-refractivity contribution < 1.29 is 9.53 Å². The lowest BCUT2D eigenvalue weighted by Gasteiger charge is -2.22. The van der Waals surface area contributed by atoms with Crippen LogP contribution in [-0.2, 0) is 4.79 Å². The van der Waals surface area contributed by atoms with Gasteiger partial charge in [0.2, 0.25) is 5.91 Å². The second-order valence-electron chi connectivity index (χ2n) is 5.51. The van der Waals surface area contributed by atoms with Crippen LogP contribution in [0.2, 0.25) is 0 Å². The molecule has 4 heteroatoms. The molecule has 1 aliphatic rings. The zero-order chi connectivity index (χ0) is 14.5. The van der Waals surface area contributed by atoms with Crippen LogP contribution in [0.5, 0.6) is 5.75 Å². The van der Waals surface area contributed by atoms with E-state index < -0.39 is 0 Å². The Bertz CT molecular complexity index is 462. The van der Waals surface area contributed by atoms with Gasteiger partial charge >= 0.3 is 0 Å². The van der Waals surface area contributed by atoms with Gasteiger partial charge in [-0.2, -0.15) is 0 Å². The fraction of sp³-hybridized carbons (Fsp3) is 0.562. The monoisotopic (exact) mass is 276 g/mol. The molecule has 1 saturated carbocycles. The van der Waals surface area contributed by atoms with Gasteiger partial charge in [0.05, 0.1) is 13.2 Å². The number of ether oxygens (including phenoxy) is 1. The Morgan fingerprint density at radius 2 is 2.20 bits per heavy atom. The lowest BCUT2D eigenvalue weighted by molar-refractivity contribution is -0.126. The fourth-order valence-corrected chi connectivity index (χ4v) is 3.09. The van der Waals surface area contributed by atoms with Crippen molar-refractivity contribution in [2.45, 2.75) is 32.2 Å². The molecule has 1 aliphatic carbocycles. The van der Waals surface area contributed by atoms with Crippen LogP contribution in [0.1, 0.15) is 37.8 Å². The molecular weight excluding hydrogens is 252 g/mol. The van der Waals surface area contributed by atoms with Gasteiger partial charge < -0.3 is 15.8 Å². The Hall–Kier alpha value is -1.55. The van der Waals surface area contributed by atoms with Crippen molar-refractivity contribution in [3.8, 4) is 5.75 Å². The normalized spacial score (nSPS) is 23.4. The van der Waals surface area contributed by atoms with Gasteiger partial charge in [0.25, 0.3) is 0 Å². The average Bonchev–Trinajstić information content (AvgIpc) is 2.95. The maximum Gasteiger partial charge on any atom is 0.223 e. The van der Waals surface area contributed by atoms with E-state index in [9.17, 15) is 4.79 Å². The summed E-state index contributed by atoms with van der Waals surface area (Å²) >= 11 is 0. The van der Waals surface area contributed by atoms with Gasteiger partial charge in [0, 0.05) is 11.5 Å². The van der Waals surface area contributed by atoms with Gasteiger partial charge in [-0.3, -0.25) is 4.79 Å². The number of para-hydroxylation sites is 1. The highest BCUT2D eigenvalue weighted by Gasteiger charge is 2.32. The van der Waals surface area contributed by atoms with Crippen molar-refractivity contribution in [3.05, 3.63) is 29.8 Å². The van der Waals surface area contributed by atoms with Crippen LogP contribution in [0.4, 0.5) is 0 Å². The number of methoxy groups -OCH3 is 1. The molecular formula is C16H24N2O2. The first-order chi connectivity index (χ1) is 9.67. The number of benzene rings is 1. The summed E-state index contributed by atoms with van der Waals surface area (Å²) in [6.45, 7) is 2.59. The molecule has 0 spiro atoms. The van der Waals surface area contributed by atoms with Gasteiger partial charge in [-0.15, -0.1) is 0 Å². The summed E-state index contributed by atoms with van der Waals surface area (Å²) in [6, 6.07) is 7.73. The van der Waals surface area contributed by atoms with Crippen molar-refractivity contribution in [1.82, 2.24) is 5.32 Å². The van der Waals surface area contributed by atoms with Crippen LogP contribution in [0.15, 0.2) is 24.3 Å². The largest absolute Gasteiger partial charge is 0.496 e. The van der Waals surface area contributed by atoms with Crippen molar-refractivity contribution in [1.29, 1.82) is 0 Å². The molecule has 0 bridgehead atoms. The molecule has 0 radical (unpaired) electrons. The van der Waals surface area contributed by atoms with Gasteiger partial charge in [-0.05, 0) is 38.3 Å². The number of nitrogens with one attached hydrogen (secondary N) is 1. The van der Waals surface area contributed by atoms with Crippen molar-refractivity contribution in [2.75, 3.05) is 13.7 Å². The summed E-state index contributed by atoms with van der Waals surface area (Å²) in [5.74, 6) is 1.33. The second kappa shape index (κ2) is 6.75. The molecule has 110 valence electrons. The minimum Gasteiger partial charge on any atom is -0.496 e. The first kappa shape index (κ1) is 14.9. The average molecular weight is 276 g/mol. The molecule has 2 unspecified atom stereocenters. The SMILES string of the molecule is COc1ccccc1[C@H](C)NC(=O)C1CCCC1CN. The zero-order valence-electron chi connectivity index (χ0n) is 12.3. The van der Waals surface area contributed by atoms with Gasteiger partial charge in [-0.1, -0.05) is 24.6 Å². The number of hydrogen-bond donors (Lipinski definition) is 2. The Morgan fingerprint density at radius 1 is 1.45 bits per heavy atom. The molecule has 4 nitrogen and oxygen atoms in total. The number of hydrogen-bond acceptors (Lipinski definition) is 3. The molecule has 1 amide bonds. The second-order valence-corrected chi connectivity index (χ2v) is 5.51. The Kier molecular flexibility index (Phi) is 5.01. The number of amides is 1. The van der Waals surface area contributed by atoms with E-state index in [1.807, 2.05) is 31.2 Å². The summed E-state index contributed by atoms with van der Waals surface area (Å²) in [4.78, 5) is 12.4. The highest BCUT2D eigenvalue weighted by Crippen LogP contribution is 2.32. The summed E-state index contributed by atoms with van der Waals surface area (Å²) in [7, 11) is 1.65. The number of rotatable bonds is 5. The molecule has 2 rings (SSSR count). The Balaban J connectivity index is 2.03. The maximum absolute atomic E-state index is 12.4. The maximum atomic E-state index is 12.4. The lowest BCUT2D eigenvalue weighted by atomic mass is 9.94. The Labute approximate surface area is 120 Å². The third-order valence-corrected chi connectivity index (χ3v) is 4.26. The predicted octanol–water partition coefficient (Wildman–Crippen LogP) is 2.25. The molecule has 0 saturated heterocycles. The quantitative estimate of drug-likeness (QED) is 0.867. The van der Waals surface area contributed by atoms with Crippen molar-refractivity contribution in [3.63, 3.8) is 0 Å². The van der Waals surface area contributed by atoms with Crippen LogP contribution in [0, 0.1) is 11.8 Å². The van der Waals surface area contributed by atoms with E-state index in [2.05, 4.69) is 5.32 Å². The number of nitrogens with two attached hydrogens (primary N) is 1. The van der Waals surface area contributed by atoms with Crippen LogP contribution < -0.4 is 15.8 Å². The van der Waals surface area contributed by atoms with E-state index in [4.69, 9.17) is 10.5 Å². The summed E-state index contributed by atoms with van der Waals surface area (Å²) in [5, 5.41) is 3.10. The summed E-state index contributed by atoms with van der Waals surface area (Å²) in [5.41, 5.74) is 6.75. The molecule has 3 atom stereocenters. The first-order valence-corrected chi connectivity index (χ1v) is 7.30. The van der Waals surface area contributed by atoms with Crippen LogP contribution in [0.3, 0.4) is 0 Å². The smallest absolute Gasteiger partial charge is 0.223 e. The minimum absolute atomic E-state index is 0.0577. The zero-order valence-corrected chi connectivity index (χ0v) is 12.3. The topological polar surface area (TPSA) is 64.3 Å². The van der Waals surface area contributed by atoms with Crippen molar-refractivity contribution >= 4 is 5.91 Å². The Morgan fingerprint density at radius 3 is 2.90 bits per heavy atom. The van der Waals surface area contributed by atoms with Crippen LogP contribution in [-0.4, -0.2) is 19.6 Å². The van der Waals surface area contributed by atoms with E-state index >= 15 is 0 Å². The highest BCUT2D eigenvalue weighted by atomic mass is 16.5. The van der Waals surface area contributed by atoms with E-state index in [-0.39, 0.29) is 17.9 Å². The van der Waals surface area contributed by atoms with Gasteiger partial charge in [-0.25, -0.2) is 0 Å². The molecule has 1 aromatic carbocycles. The van der Waals surface area contributed by atoms with E-state index in [1.54, 1.807) is 7.11 Å². The number of carbonyl (C=O) groups is 1. The summed E-state index contributed by atoms with van der Waals surface area (Å²) in [6.07, 6.45) is 3.12. The molecule has 0 aliphatic heterocycles. The molecule has 0 aromatic heterocycles. The minimum atomic E-state index is -0.0577. The predicted molar refractivity (Wildman–Crippen MR) is 79.4 cm³/mol. The van der Waals surface area contributed by atoms with Gasteiger partial charge in [0.1, 0.15) is 5.75 Å². The molecule has 0 heterocycles. The first-order valence-electron chi connectivity index (χ1n) is 7.30. The van der Waals surface area contributed by atoms with E-state index in [0.29, 0.717) is 12.5 Å². The van der Waals surface area contributed by atoms with Crippen LogP contribution in [0.25, 0.3) is 0 Å². The third-order valence-electron chi connectivity index (χ3n) is 4.26. The summed E-state index contributed by atoms with van der Waals surface area (Å²) < 4.78 is 5.34. The van der Waals surface area contributed by atoms with Gasteiger partial charge in [0.15, 0.2) is 0 Å². The van der Waals surface area contributed by atoms with E-state index in [0.717, 1.165) is 30.6 Å². The molecule has 20 heavy (non-hydrogen) atoms. The van der Waals surface area contributed by atoms with Crippen molar-refractivity contribution in [2.24, 2.45) is 17.6 Å². The third kappa shape index (κ3) is 3.12. The van der Waals surface area contributed by atoms with E-state index in [1.165, 1.54) is 0 Å². The van der Waals surface area contributed by atoms with Crippen LogP contribution >= 0.6 is 0 Å². The molecule has 1 aromatic rings. The number of carbonyl (C=O) groups excluding carboxylic acids is 1. The highest BCUT2D eigenvalue weighted by molar-refractivity contribution is 5.79. The molecule has 1 fully saturated rings. The standard InChI is InChI=1S/C16H24N2O2/c1-11(13-7-3-4-9-15(13)20-2)18-16(19)14-8-5-6-12(14)10-17/h3-4,7,9,11-12,14H,5-6,8,10,17H2,1-2H3,(H,18,19)/t11-,12?,14?/m0/s1. The lowest BCUT2D eigenvalue weighted by Crippen LogP contribution is -2.36.